The molecule has 1 atom stereocenters. The molecule has 0 aromatic heterocycles. The highest BCUT2D eigenvalue weighted by atomic mass is 35.5. The first-order valence-corrected chi connectivity index (χ1v) is 9.54. The molecule has 1 N–H and O–H groups in total. The van der Waals surface area contributed by atoms with Crippen LogP contribution in [0.15, 0.2) is 54.1 Å². The monoisotopic (exact) mass is 414 g/mol. The Morgan fingerprint density at radius 3 is 2.55 bits per heavy atom. The van der Waals surface area contributed by atoms with Gasteiger partial charge in [0.2, 0.25) is 0 Å². The van der Waals surface area contributed by atoms with E-state index in [0.717, 1.165) is 0 Å². The molecule has 1 amide bonds. The number of carbonyl (C=O) groups is 2. The van der Waals surface area contributed by atoms with Gasteiger partial charge in [-0.05, 0) is 43.9 Å². The van der Waals surface area contributed by atoms with E-state index in [9.17, 15) is 14.7 Å². The maximum Gasteiger partial charge on any atom is 0.295 e. The molecule has 1 heterocycles. The van der Waals surface area contributed by atoms with Gasteiger partial charge in [0.15, 0.2) is 0 Å². The zero-order chi connectivity index (χ0) is 21.1. The van der Waals surface area contributed by atoms with Gasteiger partial charge in [-0.3, -0.25) is 9.59 Å². The highest BCUT2D eigenvalue weighted by Gasteiger charge is 2.45. The summed E-state index contributed by atoms with van der Waals surface area (Å²) in [7, 11) is 5.30. The topological polar surface area (TPSA) is 70.1 Å². The van der Waals surface area contributed by atoms with Gasteiger partial charge in [-0.25, -0.2) is 0 Å². The molecule has 6 nitrogen and oxygen atoms in total. The molecule has 0 spiro atoms. The van der Waals surface area contributed by atoms with Crippen molar-refractivity contribution in [3.05, 3.63) is 70.3 Å². The van der Waals surface area contributed by atoms with Gasteiger partial charge in [-0.1, -0.05) is 35.9 Å². The van der Waals surface area contributed by atoms with Crippen molar-refractivity contribution in [2.45, 2.75) is 6.04 Å². The first-order valence-electron chi connectivity index (χ1n) is 9.16. The Balaban J connectivity index is 2.16. The number of nitrogens with zero attached hydrogens (tertiary/aromatic N) is 2. The van der Waals surface area contributed by atoms with Crippen LogP contribution in [-0.2, 0) is 9.59 Å². The van der Waals surface area contributed by atoms with Crippen LogP contribution < -0.4 is 4.74 Å². The number of hydrogen-bond acceptors (Lipinski definition) is 5. The third-order valence-corrected chi connectivity index (χ3v) is 5.07. The van der Waals surface area contributed by atoms with Gasteiger partial charge < -0.3 is 19.6 Å². The van der Waals surface area contributed by atoms with Gasteiger partial charge in [0, 0.05) is 23.7 Å². The van der Waals surface area contributed by atoms with Crippen LogP contribution in [0.3, 0.4) is 0 Å². The van der Waals surface area contributed by atoms with Gasteiger partial charge >= 0.3 is 0 Å². The molecule has 3 rings (SSSR count). The quantitative estimate of drug-likeness (QED) is 0.446. The fourth-order valence-corrected chi connectivity index (χ4v) is 3.57. The molecule has 0 aliphatic carbocycles. The maximum atomic E-state index is 12.9. The number of ether oxygens (including phenoxy) is 1. The Kier molecular flexibility index (Phi) is 6.25. The Labute approximate surface area is 174 Å². The second-order valence-corrected chi connectivity index (χ2v) is 7.52. The van der Waals surface area contributed by atoms with Crippen molar-refractivity contribution in [3.63, 3.8) is 0 Å². The van der Waals surface area contributed by atoms with Crippen molar-refractivity contribution < 1.29 is 19.4 Å². The predicted octanol–water partition coefficient (Wildman–Crippen LogP) is 3.33. The number of rotatable bonds is 6. The predicted molar refractivity (Wildman–Crippen MR) is 112 cm³/mol. The molecular weight excluding hydrogens is 392 g/mol. The molecule has 1 unspecified atom stereocenters. The van der Waals surface area contributed by atoms with Gasteiger partial charge in [-0.15, -0.1) is 0 Å². The van der Waals surface area contributed by atoms with Crippen LogP contribution in [0.25, 0.3) is 5.76 Å². The highest BCUT2D eigenvalue weighted by molar-refractivity contribution is 6.46. The van der Waals surface area contributed by atoms with E-state index in [4.69, 9.17) is 16.3 Å². The fourth-order valence-electron chi connectivity index (χ4n) is 3.37. The van der Waals surface area contributed by atoms with E-state index in [1.165, 1.54) is 12.0 Å². The third kappa shape index (κ3) is 4.28. The van der Waals surface area contributed by atoms with Crippen LogP contribution in [0.4, 0.5) is 0 Å². The molecule has 1 aliphatic heterocycles. The van der Waals surface area contributed by atoms with E-state index in [1.54, 1.807) is 48.5 Å². The zero-order valence-corrected chi connectivity index (χ0v) is 17.3. The summed E-state index contributed by atoms with van der Waals surface area (Å²) in [5.74, 6) is -1.05. The smallest absolute Gasteiger partial charge is 0.295 e. The molecule has 0 radical (unpaired) electrons. The van der Waals surface area contributed by atoms with Crippen LogP contribution in [0, 0.1) is 0 Å². The van der Waals surface area contributed by atoms with E-state index in [-0.39, 0.29) is 11.3 Å². The lowest BCUT2D eigenvalue weighted by atomic mass is 9.95. The highest BCUT2D eigenvalue weighted by Crippen LogP contribution is 2.40. The van der Waals surface area contributed by atoms with Crippen molar-refractivity contribution in [2.75, 3.05) is 34.3 Å². The van der Waals surface area contributed by atoms with Gasteiger partial charge in [0.1, 0.15) is 11.5 Å². The number of hydrogen-bond donors (Lipinski definition) is 1. The normalized spacial score (nSPS) is 18.5. The largest absolute Gasteiger partial charge is 0.507 e. The molecule has 152 valence electrons. The van der Waals surface area contributed by atoms with Crippen LogP contribution >= 0.6 is 11.6 Å². The fraction of sp³-hybridized carbons (Fsp3) is 0.273. The van der Waals surface area contributed by atoms with E-state index in [2.05, 4.69) is 0 Å². The van der Waals surface area contributed by atoms with Crippen LogP contribution in [0.2, 0.25) is 5.02 Å². The molecular formula is C22H23ClN2O4. The first kappa shape index (κ1) is 20.9. The van der Waals surface area contributed by atoms with Gasteiger partial charge in [0.05, 0.1) is 18.7 Å². The van der Waals surface area contributed by atoms with E-state index < -0.39 is 17.7 Å². The Morgan fingerprint density at radius 2 is 1.90 bits per heavy atom. The van der Waals surface area contributed by atoms with E-state index in [0.29, 0.717) is 35.0 Å². The van der Waals surface area contributed by atoms with Crippen LogP contribution in [0.1, 0.15) is 17.2 Å². The number of ketones is 1. The Bertz CT molecular complexity index is 971. The number of amides is 1. The number of likely N-dealkylation sites (tertiary alicyclic amines) is 1. The number of methoxy groups -OCH3 is 1. The minimum atomic E-state index is -0.722. The van der Waals surface area contributed by atoms with Crippen molar-refractivity contribution in [1.29, 1.82) is 0 Å². The summed E-state index contributed by atoms with van der Waals surface area (Å²) in [6, 6.07) is 13.0. The zero-order valence-electron chi connectivity index (χ0n) is 16.6. The first-order chi connectivity index (χ1) is 13.8. The standard InChI is InChI=1S/C22H23ClN2O4/c1-24(2)10-11-25-19(14-6-4-8-16(23)12-14)18(21(27)22(25)28)20(26)15-7-5-9-17(13-15)29-3/h4-9,12-13,19,26H,10-11H2,1-3H3. The number of aliphatic hydroxyl groups is 1. The number of Topliss-reactive ketones (excluding diaryl/α,β-unsaturated/α-hetero) is 1. The van der Waals surface area contributed by atoms with E-state index in [1.807, 2.05) is 19.0 Å². The summed E-state index contributed by atoms with van der Waals surface area (Å²) in [6.07, 6.45) is 0. The summed E-state index contributed by atoms with van der Waals surface area (Å²) >= 11 is 6.16. The minimum Gasteiger partial charge on any atom is -0.507 e. The SMILES string of the molecule is COc1cccc(C(O)=C2C(=O)C(=O)N(CCN(C)C)C2c2cccc(Cl)c2)c1. The summed E-state index contributed by atoms with van der Waals surface area (Å²) in [4.78, 5) is 29.1. The van der Waals surface area contributed by atoms with Crippen LogP contribution in [-0.4, -0.2) is 60.9 Å². The second kappa shape index (κ2) is 8.68. The number of likely N-dealkylation sites (N-methyl/N-ethyl adjacent to an activating group) is 1. The average Bonchev–Trinajstić information content (AvgIpc) is 2.96. The maximum absolute atomic E-state index is 12.9. The van der Waals surface area contributed by atoms with Crippen molar-refractivity contribution in [1.82, 2.24) is 9.80 Å². The lowest BCUT2D eigenvalue weighted by Crippen LogP contribution is -2.35. The Hall–Kier alpha value is -2.83. The summed E-state index contributed by atoms with van der Waals surface area (Å²) in [5, 5.41) is 11.5. The van der Waals surface area contributed by atoms with Crippen molar-refractivity contribution in [2.24, 2.45) is 0 Å². The van der Waals surface area contributed by atoms with E-state index >= 15 is 0 Å². The van der Waals surface area contributed by atoms with Crippen molar-refractivity contribution in [3.8, 4) is 5.75 Å². The lowest BCUT2D eigenvalue weighted by Gasteiger charge is -2.26. The molecule has 29 heavy (non-hydrogen) atoms. The lowest BCUT2D eigenvalue weighted by molar-refractivity contribution is -0.140. The number of carbonyl (C=O) groups excluding carboxylic acids is 2. The van der Waals surface area contributed by atoms with Crippen LogP contribution in [0.5, 0.6) is 5.75 Å². The second-order valence-electron chi connectivity index (χ2n) is 7.08. The molecule has 1 fully saturated rings. The summed E-state index contributed by atoms with van der Waals surface area (Å²) in [6.45, 7) is 0.910. The number of aliphatic hydroxyl groups excluding tert-OH is 1. The number of halogens is 1. The molecule has 7 heteroatoms. The molecule has 0 bridgehead atoms. The third-order valence-electron chi connectivity index (χ3n) is 4.84. The number of benzene rings is 2. The molecule has 2 aromatic carbocycles. The Morgan fingerprint density at radius 1 is 1.17 bits per heavy atom. The van der Waals surface area contributed by atoms with Gasteiger partial charge in [-0.2, -0.15) is 0 Å². The summed E-state index contributed by atoms with van der Waals surface area (Å²) < 4.78 is 5.21. The van der Waals surface area contributed by atoms with Crippen molar-refractivity contribution >= 4 is 29.1 Å². The molecule has 1 aliphatic rings. The molecule has 0 saturated carbocycles. The minimum absolute atomic E-state index is 0.0456. The molecule has 2 aromatic rings. The summed E-state index contributed by atoms with van der Waals surface area (Å²) in [5.41, 5.74) is 1.12. The average molecular weight is 415 g/mol. The van der Waals surface area contributed by atoms with Gasteiger partial charge in [0.25, 0.3) is 11.7 Å². The molecule has 1 saturated heterocycles.